The van der Waals surface area contributed by atoms with Crippen LogP contribution in [0.4, 0.5) is 0 Å². The van der Waals surface area contributed by atoms with Crippen molar-refractivity contribution in [3.05, 3.63) is 35.9 Å². The summed E-state index contributed by atoms with van der Waals surface area (Å²) in [5, 5.41) is 10.4. The molecule has 0 saturated carbocycles. The molecule has 0 spiro atoms. The Kier molecular flexibility index (Phi) is 4.62. The molecule has 1 aromatic carbocycles. The molecule has 1 heterocycles. The molecule has 2 N–H and O–H groups in total. The van der Waals surface area contributed by atoms with Crippen LogP contribution in [0.1, 0.15) is 30.9 Å². The van der Waals surface area contributed by atoms with Crippen LogP contribution in [0, 0.1) is 0 Å². The van der Waals surface area contributed by atoms with Gasteiger partial charge in [0.1, 0.15) is 5.25 Å². The Morgan fingerprint density at radius 2 is 1.86 bits per heavy atom. The van der Waals surface area contributed by atoms with Gasteiger partial charge in [0.25, 0.3) is 0 Å². The van der Waals surface area contributed by atoms with Gasteiger partial charge in [0.15, 0.2) is 15.9 Å². The van der Waals surface area contributed by atoms with Gasteiger partial charge in [0.2, 0.25) is 5.91 Å². The first kappa shape index (κ1) is 15.5. The number of carboxylic acids is 1. The van der Waals surface area contributed by atoms with Gasteiger partial charge >= 0.3 is 5.97 Å². The summed E-state index contributed by atoms with van der Waals surface area (Å²) >= 11 is 0. The molecule has 1 fully saturated rings. The van der Waals surface area contributed by atoms with Gasteiger partial charge in [0, 0.05) is 0 Å². The third-order valence-corrected chi connectivity index (χ3v) is 5.71. The third-order valence-electron chi connectivity index (χ3n) is 3.54. The summed E-state index contributed by atoms with van der Waals surface area (Å²) in [5.74, 6) is -1.97. The Morgan fingerprint density at radius 3 is 2.43 bits per heavy atom. The fourth-order valence-electron chi connectivity index (χ4n) is 2.42. The summed E-state index contributed by atoms with van der Waals surface area (Å²) in [6, 6.07) is 6.97. The molecule has 7 heteroatoms. The number of rotatable bonds is 4. The molecule has 0 radical (unpaired) electrons. The monoisotopic (exact) mass is 311 g/mol. The van der Waals surface area contributed by atoms with E-state index in [4.69, 9.17) is 0 Å². The second-order valence-electron chi connectivity index (χ2n) is 5.04. The number of benzene rings is 1. The number of carbonyl (C=O) groups is 2. The normalized spacial score (nSPS) is 22.2. The fourth-order valence-corrected chi connectivity index (χ4v) is 4.23. The summed E-state index contributed by atoms with van der Waals surface area (Å²) in [4.78, 5) is 23.5. The number of aliphatic carboxylic acids is 1. The predicted octanol–water partition coefficient (Wildman–Crippen LogP) is 0.896. The quantitative estimate of drug-likeness (QED) is 0.860. The van der Waals surface area contributed by atoms with E-state index in [0.29, 0.717) is 18.4 Å². The van der Waals surface area contributed by atoms with Crippen molar-refractivity contribution in [3.63, 3.8) is 0 Å². The Bertz CT molecular complexity index is 626. The molecular weight excluding hydrogens is 294 g/mol. The number of hydrogen-bond acceptors (Lipinski definition) is 4. The highest BCUT2D eigenvalue weighted by molar-refractivity contribution is 7.92. The van der Waals surface area contributed by atoms with Gasteiger partial charge in [-0.05, 0) is 18.4 Å². The molecule has 1 aliphatic rings. The Labute approximate surface area is 123 Å². The highest BCUT2D eigenvalue weighted by Gasteiger charge is 2.36. The molecule has 1 aromatic rings. The number of amides is 1. The number of nitrogens with one attached hydrogen (secondary N) is 1. The number of sulfone groups is 1. The largest absolute Gasteiger partial charge is 0.479 e. The first-order valence-electron chi connectivity index (χ1n) is 6.71. The standard InChI is InChI=1S/C14H17NO5S/c16-13(11-8-4-5-9-21(11,19)20)15-12(14(17)18)10-6-2-1-3-7-10/h1-3,6-7,11-12H,4-5,8-9H2,(H,15,16)(H,17,18)/t11?,12-/m1/s1. The van der Waals surface area contributed by atoms with E-state index < -0.39 is 33.0 Å². The molecule has 0 bridgehead atoms. The van der Waals surface area contributed by atoms with Gasteiger partial charge < -0.3 is 10.4 Å². The average molecular weight is 311 g/mol. The summed E-state index contributed by atoms with van der Waals surface area (Å²) in [6.45, 7) is 0. The SMILES string of the molecule is O=C(N[C@@H](C(=O)O)c1ccccc1)C1CCCCS1(=O)=O. The van der Waals surface area contributed by atoms with Crippen molar-refractivity contribution in [2.24, 2.45) is 0 Å². The summed E-state index contributed by atoms with van der Waals surface area (Å²) in [5.41, 5.74) is 0.409. The summed E-state index contributed by atoms with van der Waals surface area (Å²) < 4.78 is 23.8. The van der Waals surface area contributed by atoms with Crippen LogP contribution in [0.2, 0.25) is 0 Å². The number of carbonyl (C=O) groups excluding carboxylic acids is 1. The second-order valence-corrected chi connectivity index (χ2v) is 7.34. The summed E-state index contributed by atoms with van der Waals surface area (Å²) in [7, 11) is -3.48. The maximum absolute atomic E-state index is 12.1. The maximum atomic E-state index is 12.1. The molecule has 0 aromatic heterocycles. The fraction of sp³-hybridized carbons (Fsp3) is 0.429. The van der Waals surface area contributed by atoms with Crippen LogP contribution in [-0.2, 0) is 19.4 Å². The van der Waals surface area contributed by atoms with Crippen LogP contribution >= 0.6 is 0 Å². The van der Waals surface area contributed by atoms with E-state index in [1.807, 2.05) is 0 Å². The highest BCUT2D eigenvalue weighted by Crippen LogP contribution is 2.21. The van der Waals surface area contributed by atoms with Crippen LogP contribution in [0.15, 0.2) is 30.3 Å². The molecule has 2 atom stereocenters. The Hall–Kier alpha value is -1.89. The van der Waals surface area contributed by atoms with E-state index in [2.05, 4.69) is 5.32 Å². The van der Waals surface area contributed by atoms with E-state index in [0.717, 1.165) is 0 Å². The number of hydrogen-bond donors (Lipinski definition) is 2. The molecule has 6 nitrogen and oxygen atoms in total. The van der Waals surface area contributed by atoms with Gasteiger partial charge in [0.05, 0.1) is 5.75 Å². The maximum Gasteiger partial charge on any atom is 0.330 e. The smallest absolute Gasteiger partial charge is 0.330 e. The topological polar surface area (TPSA) is 101 Å². The average Bonchev–Trinajstić information content (AvgIpc) is 2.44. The molecule has 21 heavy (non-hydrogen) atoms. The van der Waals surface area contributed by atoms with Gasteiger partial charge in [-0.1, -0.05) is 36.8 Å². The first-order valence-corrected chi connectivity index (χ1v) is 8.43. The highest BCUT2D eigenvalue weighted by atomic mass is 32.2. The van der Waals surface area contributed by atoms with Gasteiger partial charge in [-0.25, -0.2) is 13.2 Å². The lowest BCUT2D eigenvalue weighted by molar-refractivity contribution is -0.142. The molecule has 1 saturated heterocycles. The van der Waals surface area contributed by atoms with Crippen LogP contribution < -0.4 is 5.32 Å². The molecule has 1 aliphatic heterocycles. The predicted molar refractivity (Wildman–Crippen MR) is 76.4 cm³/mol. The zero-order valence-electron chi connectivity index (χ0n) is 11.4. The molecule has 1 unspecified atom stereocenters. The second kappa shape index (κ2) is 6.26. The zero-order valence-corrected chi connectivity index (χ0v) is 12.2. The van der Waals surface area contributed by atoms with Crippen molar-refractivity contribution in [1.29, 1.82) is 0 Å². The zero-order chi connectivity index (χ0) is 15.5. The minimum atomic E-state index is -3.48. The third kappa shape index (κ3) is 3.60. The van der Waals surface area contributed by atoms with Crippen LogP contribution in [0.5, 0.6) is 0 Å². The minimum absolute atomic E-state index is 0.0197. The molecule has 2 rings (SSSR count). The Morgan fingerprint density at radius 1 is 1.19 bits per heavy atom. The van der Waals surface area contributed by atoms with E-state index in [-0.39, 0.29) is 12.2 Å². The summed E-state index contributed by atoms with van der Waals surface area (Å²) in [6.07, 6.45) is 1.45. The molecule has 0 aliphatic carbocycles. The van der Waals surface area contributed by atoms with E-state index >= 15 is 0 Å². The van der Waals surface area contributed by atoms with Crippen LogP contribution in [0.25, 0.3) is 0 Å². The lowest BCUT2D eigenvalue weighted by atomic mass is 10.1. The van der Waals surface area contributed by atoms with Crippen molar-refractivity contribution in [1.82, 2.24) is 5.32 Å². The van der Waals surface area contributed by atoms with Crippen molar-refractivity contribution < 1.29 is 23.1 Å². The van der Waals surface area contributed by atoms with Crippen LogP contribution in [0.3, 0.4) is 0 Å². The first-order chi connectivity index (χ1) is 9.92. The molecular formula is C14H17NO5S. The van der Waals surface area contributed by atoms with E-state index in [1.54, 1.807) is 30.3 Å². The molecule has 1 amide bonds. The van der Waals surface area contributed by atoms with Crippen molar-refractivity contribution in [3.8, 4) is 0 Å². The van der Waals surface area contributed by atoms with Crippen LogP contribution in [-0.4, -0.2) is 36.4 Å². The lowest BCUT2D eigenvalue weighted by Crippen LogP contribution is -2.45. The van der Waals surface area contributed by atoms with Crippen molar-refractivity contribution >= 4 is 21.7 Å². The molecule has 114 valence electrons. The van der Waals surface area contributed by atoms with Crippen molar-refractivity contribution in [2.75, 3.05) is 5.75 Å². The minimum Gasteiger partial charge on any atom is -0.479 e. The van der Waals surface area contributed by atoms with Gasteiger partial charge in [-0.2, -0.15) is 0 Å². The van der Waals surface area contributed by atoms with Gasteiger partial charge in [-0.3, -0.25) is 4.79 Å². The number of carboxylic acid groups (broad SMARTS) is 1. The van der Waals surface area contributed by atoms with Gasteiger partial charge in [-0.15, -0.1) is 0 Å². The van der Waals surface area contributed by atoms with Crippen molar-refractivity contribution in [2.45, 2.75) is 30.6 Å². The lowest BCUT2D eigenvalue weighted by Gasteiger charge is -2.23. The van der Waals surface area contributed by atoms with E-state index in [9.17, 15) is 23.1 Å². The van der Waals surface area contributed by atoms with E-state index in [1.165, 1.54) is 0 Å². The Balaban J connectivity index is 2.18.